The summed E-state index contributed by atoms with van der Waals surface area (Å²) in [4.78, 5) is 12.4. The highest BCUT2D eigenvalue weighted by atomic mass is 35.5. The van der Waals surface area contributed by atoms with Crippen molar-refractivity contribution in [3.05, 3.63) is 64.7 Å². The van der Waals surface area contributed by atoms with Crippen LogP contribution < -0.4 is 10.6 Å². The topological polar surface area (TPSA) is 75.3 Å². The van der Waals surface area contributed by atoms with Crippen molar-refractivity contribution in [2.75, 3.05) is 19.8 Å². The van der Waals surface area contributed by atoms with Gasteiger partial charge in [0, 0.05) is 24.2 Å². The summed E-state index contributed by atoms with van der Waals surface area (Å²) in [5.74, 6) is -0.126. The molecule has 0 radical (unpaired) electrons. The Morgan fingerprint density at radius 3 is 2.40 bits per heavy atom. The van der Waals surface area contributed by atoms with Gasteiger partial charge in [0.15, 0.2) is 9.84 Å². The Morgan fingerprint density at radius 2 is 1.80 bits per heavy atom. The molecule has 0 aliphatic heterocycles. The van der Waals surface area contributed by atoms with E-state index in [2.05, 4.69) is 10.6 Å². The van der Waals surface area contributed by atoms with Crippen LogP contribution in [0.3, 0.4) is 0 Å². The summed E-state index contributed by atoms with van der Waals surface area (Å²) < 4.78 is 23.7. The van der Waals surface area contributed by atoms with E-state index in [-0.39, 0.29) is 10.8 Å². The van der Waals surface area contributed by atoms with Crippen LogP contribution in [0.5, 0.6) is 0 Å². The third-order valence-corrected chi connectivity index (χ3v) is 5.09. The fourth-order valence-corrected chi connectivity index (χ4v) is 3.21. The molecule has 0 aliphatic carbocycles. The van der Waals surface area contributed by atoms with Crippen LogP contribution in [0.15, 0.2) is 53.4 Å². The van der Waals surface area contributed by atoms with E-state index in [0.29, 0.717) is 23.6 Å². The molecule has 0 aromatic heterocycles. The van der Waals surface area contributed by atoms with Gasteiger partial charge < -0.3 is 10.6 Å². The van der Waals surface area contributed by atoms with Crippen LogP contribution in [-0.4, -0.2) is 34.2 Å². The van der Waals surface area contributed by atoms with Gasteiger partial charge in [0.2, 0.25) is 5.91 Å². The summed E-state index contributed by atoms with van der Waals surface area (Å²) in [6.07, 6.45) is 1.49. The molecule has 0 heterocycles. The van der Waals surface area contributed by atoms with Gasteiger partial charge in [-0.15, -0.1) is 0 Å². The number of amides is 1. The highest BCUT2D eigenvalue weighted by Gasteiger charge is 2.18. The Labute approximate surface area is 153 Å². The molecule has 2 aromatic rings. The average molecular weight is 381 g/mol. The molecule has 7 heteroatoms. The van der Waals surface area contributed by atoms with E-state index in [1.807, 2.05) is 12.1 Å². The van der Waals surface area contributed by atoms with Crippen LogP contribution in [0, 0.1) is 0 Å². The molecule has 2 aromatic carbocycles. The Kier molecular flexibility index (Phi) is 6.58. The van der Waals surface area contributed by atoms with Crippen LogP contribution in [0.25, 0.3) is 0 Å². The highest BCUT2D eigenvalue weighted by molar-refractivity contribution is 7.90. The summed E-state index contributed by atoms with van der Waals surface area (Å²) >= 11 is 5.95. The minimum Gasteiger partial charge on any atom is -0.345 e. The Bertz CT molecular complexity index is 836. The van der Waals surface area contributed by atoms with Crippen molar-refractivity contribution in [2.45, 2.75) is 17.4 Å². The predicted molar refractivity (Wildman–Crippen MR) is 99.5 cm³/mol. The summed E-state index contributed by atoms with van der Waals surface area (Å²) in [6.45, 7) is 0.558. The molecule has 0 aliphatic rings. The summed E-state index contributed by atoms with van der Waals surface area (Å²) in [7, 11) is -1.56. The maximum Gasteiger partial charge on any atom is 0.222 e. The van der Waals surface area contributed by atoms with E-state index in [0.717, 1.165) is 11.8 Å². The maximum atomic E-state index is 12.2. The van der Waals surface area contributed by atoms with E-state index in [9.17, 15) is 13.2 Å². The minimum atomic E-state index is -3.33. The third-order valence-electron chi connectivity index (χ3n) is 3.73. The van der Waals surface area contributed by atoms with Crippen molar-refractivity contribution in [1.29, 1.82) is 0 Å². The van der Waals surface area contributed by atoms with E-state index in [1.54, 1.807) is 43.4 Å². The lowest BCUT2D eigenvalue weighted by Crippen LogP contribution is -2.31. The van der Waals surface area contributed by atoms with E-state index in [1.165, 1.54) is 0 Å². The first-order valence-electron chi connectivity index (χ1n) is 7.80. The highest BCUT2D eigenvalue weighted by Crippen LogP contribution is 2.25. The summed E-state index contributed by atoms with van der Waals surface area (Å²) in [5.41, 5.74) is 1.52. The molecule has 0 bridgehead atoms. The van der Waals surface area contributed by atoms with Gasteiger partial charge >= 0.3 is 0 Å². The number of hydrogen-bond donors (Lipinski definition) is 2. The smallest absolute Gasteiger partial charge is 0.222 e. The van der Waals surface area contributed by atoms with Gasteiger partial charge in [-0.25, -0.2) is 8.42 Å². The standard InChI is InChI=1S/C18H21ClN2O3S/c1-20-11-10-17(22)21-18(13-6-8-15(19)9-7-13)14-4-3-5-16(12-14)25(2,23)24/h3-9,12,18,20H,10-11H2,1-2H3,(H,21,22). The van der Waals surface area contributed by atoms with Crippen molar-refractivity contribution in [3.63, 3.8) is 0 Å². The van der Waals surface area contributed by atoms with Crippen LogP contribution >= 0.6 is 11.6 Å². The Balaban J connectivity index is 2.40. The zero-order valence-electron chi connectivity index (χ0n) is 14.1. The van der Waals surface area contributed by atoms with Gasteiger partial charge in [0.1, 0.15) is 0 Å². The van der Waals surface area contributed by atoms with Crippen LogP contribution in [-0.2, 0) is 14.6 Å². The van der Waals surface area contributed by atoms with E-state index in [4.69, 9.17) is 11.6 Å². The van der Waals surface area contributed by atoms with Crippen molar-refractivity contribution in [3.8, 4) is 0 Å². The summed E-state index contributed by atoms with van der Waals surface area (Å²) in [5, 5.41) is 6.49. The van der Waals surface area contributed by atoms with Crippen molar-refractivity contribution < 1.29 is 13.2 Å². The first-order valence-corrected chi connectivity index (χ1v) is 10.1. The van der Waals surface area contributed by atoms with Gasteiger partial charge in [-0.2, -0.15) is 0 Å². The second-order valence-corrected chi connectivity index (χ2v) is 8.20. The quantitative estimate of drug-likeness (QED) is 0.774. The zero-order chi connectivity index (χ0) is 18.4. The number of halogens is 1. The number of hydrogen-bond acceptors (Lipinski definition) is 4. The molecule has 0 saturated carbocycles. The molecule has 1 unspecified atom stereocenters. The molecular weight excluding hydrogens is 360 g/mol. The zero-order valence-corrected chi connectivity index (χ0v) is 15.7. The number of nitrogens with one attached hydrogen (secondary N) is 2. The molecule has 25 heavy (non-hydrogen) atoms. The second-order valence-electron chi connectivity index (χ2n) is 5.75. The lowest BCUT2D eigenvalue weighted by atomic mass is 9.98. The van der Waals surface area contributed by atoms with Crippen LogP contribution in [0.1, 0.15) is 23.6 Å². The number of carbonyl (C=O) groups is 1. The first kappa shape index (κ1) is 19.4. The lowest BCUT2D eigenvalue weighted by Gasteiger charge is -2.20. The fraction of sp³-hybridized carbons (Fsp3) is 0.278. The first-order chi connectivity index (χ1) is 11.8. The molecule has 134 valence electrons. The number of carbonyl (C=O) groups excluding carboxylic acids is 1. The molecule has 0 saturated heterocycles. The van der Waals surface area contributed by atoms with Gasteiger partial charge in [-0.1, -0.05) is 35.9 Å². The fourth-order valence-electron chi connectivity index (χ4n) is 2.41. The molecule has 2 rings (SSSR count). The molecular formula is C18H21ClN2O3S. The predicted octanol–water partition coefficient (Wildman–Crippen LogP) is 2.56. The molecule has 1 atom stereocenters. The molecule has 1 amide bonds. The SMILES string of the molecule is CNCCC(=O)NC(c1ccc(Cl)cc1)c1cccc(S(C)(=O)=O)c1. The van der Waals surface area contributed by atoms with Crippen molar-refractivity contribution in [1.82, 2.24) is 10.6 Å². The Morgan fingerprint density at radius 1 is 1.12 bits per heavy atom. The van der Waals surface area contributed by atoms with Gasteiger partial charge in [-0.3, -0.25) is 4.79 Å². The molecule has 2 N–H and O–H groups in total. The minimum absolute atomic E-state index is 0.126. The van der Waals surface area contributed by atoms with Crippen molar-refractivity contribution >= 4 is 27.3 Å². The van der Waals surface area contributed by atoms with Gasteiger partial charge in [-0.05, 0) is 42.4 Å². The second kappa shape index (κ2) is 8.47. The maximum absolute atomic E-state index is 12.2. The lowest BCUT2D eigenvalue weighted by molar-refractivity contribution is -0.121. The van der Waals surface area contributed by atoms with Crippen LogP contribution in [0.2, 0.25) is 5.02 Å². The molecule has 0 fully saturated rings. The van der Waals surface area contributed by atoms with Crippen LogP contribution in [0.4, 0.5) is 0 Å². The molecule has 0 spiro atoms. The van der Waals surface area contributed by atoms with E-state index >= 15 is 0 Å². The Hall–Kier alpha value is -1.89. The summed E-state index contributed by atoms with van der Waals surface area (Å²) in [6, 6.07) is 13.3. The van der Waals surface area contributed by atoms with E-state index < -0.39 is 15.9 Å². The average Bonchev–Trinajstić information content (AvgIpc) is 2.58. The van der Waals surface area contributed by atoms with Crippen molar-refractivity contribution in [2.24, 2.45) is 0 Å². The largest absolute Gasteiger partial charge is 0.345 e. The number of benzene rings is 2. The monoisotopic (exact) mass is 380 g/mol. The number of sulfone groups is 1. The van der Waals surface area contributed by atoms with Gasteiger partial charge in [0.25, 0.3) is 0 Å². The number of rotatable bonds is 7. The molecule has 5 nitrogen and oxygen atoms in total. The third kappa shape index (κ3) is 5.56. The normalized spacial score (nSPS) is 12.6. The van der Waals surface area contributed by atoms with Gasteiger partial charge in [0.05, 0.1) is 10.9 Å².